The molecule has 0 bridgehead atoms. The lowest BCUT2D eigenvalue weighted by Crippen LogP contribution is -2.38. The van der Waals surface area contributed by atoms with Gasteiger partial charge >= 0.3 is 0 Å². The van der Waals surface area contributed by atoms with Gasteiger partial charge in [0.05, 0.1) is 11.5 Å². The van der Waals surface area contributed by atoms with Crippen LogP contribution in [0.3, 0.4) is 0 Å². The van der Waals surface area contributed by atoms with Crippen LogP contribution < -0.4 is 0 Å². The quantitative estimate of drug-likeness (QED) is 0.833. The Bertz CT molecular complexity index is 848. The summed E-state index contributed by atoms with van der Waals surface area (Å²) in [5.74, 6) is -0.0858. The summed E-state index contributed by atoms with van der Waals surface area (Å²) in [6.07, 6.45) is 0.482. The lowest BCUT2D eigenvalue weighted by Gasteiger charge is -2.22. The molecular formula is C15H15ClN2O3S2. The van der Waals surface area contributed by atoms with E-state index in [1.54, 1.807) is 24.6 Å². The number of amides is 1. The van der Waals surface area contributed by atoms with Crippen molar-refractivity contribution in [2.75, 3.05) is 18.6 Å². The van der Waals surface area contributed by atoms with Crippen LogP contribution >= 0.6 is 22.9 Å². The van der Waals surface area contributed by atoms with Crippen LogP contribution in [0.25, 0.3) is 10.6 Å². The first-order valence-electron chi connectivity index (χ1n) is 7.05. The summed E-state index contributed by atoms with van der Waals surface area (Å²) in [6.45, 7) is 0. The Kier molecular flexibility index (Phi) is 4.44. The van der Waals surface area contributed by atoms with Crippen LogP contribution in [0.15, 0.2) is 29.6 Å². The molecule has 1 aliphatic heterocycles. The Morgan fingerprint density at radius 2 is 2.22 bits per heavy atom. The van der Waals surface area contributed by atoms with Gasteiger partial charge in [-0.15, -0.1) is 11.3 Å². The molecule has 2 heterocycles. The summed E-state index contributed by atoms with van der Waals surface area (Å²) < 4.78 is 23.1. The number of benzene rings is 1. The van der Waals surface area contributed by atoms with E-state index in [4.69, 9.17) is 11.6 Å². The van der Waals surface area contributed by atoms with Gasteiger partial charge in [0.1, 0.15) is 10.7 Å². The van der Waals surface area contributed by atoms with Crippen molar-refractivity contribution in [1.29, 1.82) is 0 Å². The summed E-state index contributed by atoms with van der Waals surface area (Å²) >= 11 is 7.34. The second kappa shape index (κ2) is 6.22. The van der Waals surface area contributed by atoms with Gasteiger partial charge < -0.3 is 4.90 Å². The van der Waals surface area contributed by atoms with Crippen LogP contribution in [0, 0.1) is 0 Å². The van der Waals surface area contributed by atoms with Gasteiger partial charge in [-0.2, -0.15) is 0 Å². The molecule has 0 spiro atoms. The number of nitrogens with zero attached hydrogens (tertiary/aromatic N) is 2. The Balaban J connectivity index is 1.79. The van der Waals surface area contributed by atoms with E-state index in [9.17, 15) is 13.2 Å². The topological polar surface area (TPSA) is 67.3 Å². The molecule has 2 aromatic rings. The van der Waals surface area contributed by atoms with Gasteiger partial charge in [0.25, 0.3) is 5.91 Å². The standard InChI is InChI=1S/C15H15ClN2O3S2/c1-18(12-5-6-23(20,21)9-12)15(19)13-8-22-14(17-13)10-3-2-4-11(16)7-10/h2-4,7-8,12H,5-6,9H2,1H3. The van der Waals surface area contributed by atoms with Crippen molar-refractivity contribution in [2.45, 2.75) is 12.5 Å². The third kappa shape index (κ3) is 3.57. The van der Waals surface area contributed by atoms with Gasteiger partial charge in [-0.3, -0.25) is 4.79 Å². The molecule has 3 rings (SSSR count). The largest absolute Gasteiger partial charge is 0.336 e. The molecule has 23 heavy (non-hydrogen) atoms. The van der Waals surface area contributed by atoms with E-state index in [0.29, 0.717) is 22.1 Å². The van der Waals surface area contributed by atoms with Gasteiger partial charge in [-0.25, -0.2) is 13.4 Å². The van der Waals surface area contributed by atoms with Crippen molar-refractivity contribution in [3.63, 3.8) is 0 Å². The van der Waals surface area contributed by atoms with Crippen LogP contribution in [0.4, 0.5) is 0 Å². The number of aromatic nitrogens is 1. The predicted octanol–water partition coefficient (Wildman–Crippen LogP) is 2.72. The van der Waals surface area contributed by atoms with Crippen molar-refractivity contribution < 1.29 is 13.2 Å². The lowest BCUT2D eigenvalue weighted by atomic mass is 10.2. The number of carbonyl (C=O) groups excluding carboxylic acids is 1. The molecule has 122 valence electrons. The zero-order valence-electron chi connectivity index (χ0n) is 12.4. The Morgan fingerprint density at radius 1 is 1.43 bits per heavy atom. The zero-order valence-corrected chi connectivity index (χ0v) is 14.8. The highest BCUT2D eigenvalue weighted by atomic mass is 35.5. The van der Waals surface area contributed by atoms with Gasteiger partial charge in [0, 0.05) is 29.1 Å². The maximum absolute atomic E-state index is 12.5. The molecule has 0 saturated carbocycles. The number of thiazole rings is 1. The molecule has 1 unspecified atom stereocenters. The van der Waals surface area contributed by atoms with E-state index in [1.165, 1.54) is 16.2 Å². The zero-order chi connectivity index (χ0) is 16.6. The molecule has 1 saturated heterocycles. The first-order chi connectivity index (χ1) is 10.9. The minimum Gasteiger partial charge on any atom is -0.336 e. The van der Waals surface area contributed by atoms with E-state index in [-0.39, 0.29) is 23.5 Å². The van der Waals surface area contributed by atoms with E-state index >= 15 is 0 Å². The first kappa shape index (κ1) is 16.4. The molecular weight excluding hydrogens is 356 g/mol. The number of sulfone groups is 1. The Hall–Kier alpha value is -1.44. The maximum Gasteiger partial charge on any atom is 0.273 e. The summed E-state index contributed by atoms with van der Waals surface area (Å²) in [6, 6.07) is 7.01. The SMILES string of the molecule is CN(C(=O)c1csc(-c2cccc(Cl)c2)n1)C1CCS(=O)(=O)C1. The van der Waals surface area contributed by atoms with E-state index in [1.807, 2.05) is 12.1 Å². The second-order valence-corrected chi connectivity index (χ2v) is 9.04. The summed E-state index contributed by atoms with van der Waals surface area (Å²) in [4.78, 5) is 18.4. The van der Waals surface area contributed by atoms with Crippen molar-refractivity contribution in [3.05, 3.63) is 40.4 Å². The average Bonchev–Trinajstić information content (AvgIpc) is 3.12. The van der Waals surface area contributed by atoms with E-state index in [2.05, 4.69) is 4.98 Å². The van der Waals surface area contributed by atoms with Crippen molar-refractivity contribution >= 4 is 38.7 Å². The molecule has 0 radical (unpaired) electrons. The van der Waals surface area contributed by atoms with E-state index < -0.39 is 9.84 Å². The number of hydrogen-bond acceptors (Lipinski definition) is 5. The number of hydrogen-bond donors (Lipinski definition) is 0. The minimum atomic E-state index is -3.03. The Labute approximate surface area is 143 Å². The maximum atomic E-state index is 12.5. The van der Waals surface area contributed by atoms with Gasteiger partial charge in [0.2, 0.25) is 0 Å². The molecule has 1 aliphatic rings. The Morgan fingerprint density at radius 3 is 2.87 bits per heavy atom. The lowest BCUT2D eigenvalue weighted by molar-refractivity contribution is 0.0742. The molecule has 1 fully saturated rings. The molecule has 1 aromatic carbocycles. The number of halogens is 1. The smallest absolute Gasteiger partial charge is 0.273 e. The molecule has 8 heteroatoms. The van der Waals surface area contributed by atoms with Crippen LogP contribution in [0.1, 0.15) is 16.9 Å². The second-order valence-electron chi connectivity index (χ2n) is 5.52. The minimum absolute atomic E-state index is 0.0283. The van der Waals surface area contributed by atoms with Crippen molar-refractivity contribution in [1.82, 2.24) is 9.88 Å². The van der Waals surface area contributed by atoms with Crippen LogP contribution in [0.2, 0.25) is 5.02 Å². The average molecular weight is 371 g/mol. The molecule has 1 amide bonds. The monoisotopic (exact) mass is 370 g/mol. The predicted molar refractivity (Wildman–Crippen MR) is 91.7 cm³/mol. The van der Waals surface area contributed by atoms with Gasteiger partial charge in [-0.1, -0.05) is 23.7 Å². The highest BCUT2D eigenvalue weighted by Gasteiger charge is 2.33. The molecule has 5 nitrogen and oxygen atoms in total. The van der Waals surface area contributed by atoms with E-state index in [0.717, 1.165) is 5.56 Å². The summed E-state index contributed by atoms with van der Waals surface area (Å²) in [7, 11) is -1.39. The van der Waals surface area contributed by atoms with Crippen molar-refractivity contribution in [3.8, 4) is 10.6 Å². The van der Waals surface area contributed by atoms with Crippen LogP contribution in [0.5, 0.6) is 0 Å². The van der Waals surface area contributed by atoms with Gasteiger partial charge in [0.15, 0.2) is 9.84 Å². The van der Waals surface area contributed by atoms with Gasteiger partial charge in [-0.05, 0) is 18.6 Å². The normalized spacial score (nSPS) is 19.7. The van der Waals surface area contributed by atoms with Crippen molar-refractivity contribution in [2.24, 2.45) is 0 Å². The fourth-order valence-electron chi connectivity index (χ4n) is 2.55. The summed E-state index contributed by atoms with van der Waals surface area (Å²) in [5, 5.41) is 3.01. The molecule has 1 aromatic heterocycles. The number of carbonyl (C=O) groups is 1. The fraction of sp³-hybridized carbons (Fsp3) is 0.333. The molecule has 0 N–H and O–H groups in total. The first-order valence-corrected chi connectivity index (χ1v) is 10.1. The molecule has 0 aliphatic carbocycles. The van der Waals surface area contributed by atoms with Crippen LogP contribution in [-0.4, -0.2) is 48.8 Å². The summed E-state index contributed by atoms with van der Waals surface area (Å²) in [5.41, 5.74) is 1.18. The third-order valence-electron chi connectivity index (χ3n) is 3.87. The molecule has 1 atom stereocenters. The fourth-order valence-corrected chi connectivity index (χ4v) is 5.31. The highest BCUT2D eigenvalue weighted by Crippen LogP contribution is 2.27. The highest BCUT2D eigenvalue weighted by molar-refractivity contribution is 7.91. The van der Waals surface area contributed by atoms with Crippen LogP contribution in [-0.2, 0) is 9.84 Å². The third-order valence-corrected chi connectivity index (χ3v) is 6.75. The number of rotatable bonds is 3.